The fourth-order valence-corrected chi connectivity index (χ4v) is 5.26. The average molecular weight is 574 g/mol. The summed E-state index contributed by atoms with van der Waals surface area (Å²) in [6.45, 7) is 5.35. The molecule has 1 unspecified atom stereocenters. The Balaban J connectivity index is 1.92. The van der Waals surface area contributed by atoms with E-state index in [-0.39, 0.29) is 29.9 Å². The Kier molecular flexibility index (Phi) is 8.28. The number of nitrogens with one attached hydrogen (secondary N) is 1. The van der Waals surface area contributed by atoms with Gasteiger partial charge in [0.2, 0.25) is 10.0 Å². The maximum absolute atomic E-state index is 14.6. The summed E-state index contributed by atoms with van der Waals surface area (Å²) in [5.41, 5.74) is -4.42. The minimum absolute atomic E-state index is 0.0319. The van der Waals surface area contributed by atoms with Crippen LogP contribution in [-0.2, 0) is 26.6 Å². The molecule has 0 bridgehead atoms. The van der Waals surface area contributed by atoms with Gasteiger partial charge < -0.3 is 14.9 Å². The zero-order valence-corrected chi connectivity index (χ0v) is 23.2. The Bertz CT molecular complexity index is 1610. The van der Waals surface area contributed by atoms with Crippen LogP contribution in [0, 0.1) is 11.8 Å². The highest BCUT2D eigenvalue weighted by Gasteiger charge is 2.55. The number of sulfonamides is 1. The molecule has 7 nitrogen and oxygen atoms in total. The van der Waals surface area contributed by atoms with Gasteiger partial charge in [-0.3, -0.25) is 4.79 Å². The molecule has 40 heavy (non-hydrogen) atoms. The van der Waals surface area contributed by atoms with Crippen molar-refractivity contribution in [1.82, 2.24) is 9.62 Å². The van der Waals surface area contributed by atoms with Crippen LogP contribution in [0.5, 0.6) is 0 Å². The summed E-state index contributed by atoms with van der Waals surface area (Å²) in [6, 6.07) is 14.0. The first kappa shape index (κ1) is 29.6. The zero-order chi connectivity index (χ0) is 29.3. The monoisotopic (exact) mass is 573 g/mol. The second-order valence-corrected chi connectivity index (χ2v) is 11.4. The van der Waals surface area contributed by atoms with Gasteiger partial charge in [-0.1, -0.05) is 62.1 Å². The molecular formula is C29H30F3N3O4S. The first-order valence-electron chi connectivity index (χ1n) is 12.7. The maximum atomic E-state index is 14.6. The van der Waals surface area contributed by atoms with Gasteiger partial charge >= 0.3 is 6.18 Å². The molecule has 1 aliphatic heterocycles. The van der Waals surface area contributed by atoms with E-state index in [1.54, 1.807) is 18.2 Å². The number of alkyl halides is 3. The highest BCUT2D eigenvalue weighted by molar-refractivity contribution is 7.88. The van der Waals surface area contributed by atoms with Gasteiger partial charge in [-0.2, -0.15) is 13.2 Å². The highest BCUT2D eigenvalue weighted by atomic mass is 32.2. The van der Waals surface area contributed by atoms with Crippen molar-refractivity contribution in [2.75, 3.05) is 43.9 Å². The van der Waals surface area contributed by atoms with Crippen LogP contribution < -0.4 is 9.62 Å². The van der Waals surface area contributed by atoms with Crippen LogP contribution in [0.4, 0.5) is 18.9 Å². The van der Waals surface area contributed by atoms with E-state index in [0.29, 0.717) is 25.0 Å². The zero-order valence-electron chi connectivity index (χ0n) is 22.3. The topological polar surface area (TPSA) is 89.9 Å². The Hall–Kier alpha value is -3.43. The summed E-state index contributed by atoms with van der Waals surface area (Å²) in [5, 5.41) is 13.5. The van der Waals surface area contributed by atoms with Crippen LogP contribution in [0.2, 0.25) is 0 Å². The number of likely N-dealkylation sites (N-methyl/N-ethyl adjacent to an activating group) is 1. The fourth-order valence-electron chi connectivity index (χ4n) is 4.93. The van der Waals surface area contributed by atoms with E-state index in [4.69, 9.17) is 0 Å². The van der Waals surface area contributed by atoms with E-state index >= 15 is 0 Å². The van der Waals surface area contributed by atoms with E-state index in [1.165, 1.54) is 23.1 Å². The molecule has 1 amide bonds. The first-order valence-corrected chi connectivity index (χ1v) is 14.6. The number of hydrogen-bond acceptors (Lipinski definition) is 5. The second kappa shape index (κ2) is 11.2. The lowest BCUT2D eigenvalue weighted by molar-refractivity contribution is -0.142. The quantitative estimate of drug-likeness (QED) is 0.402. The number of fused-ring (bicyclic) bond motifs is 2. The molecule has 3 aromatic rings. The van der Waals surface area contributed by atoms with Crippen LogP contribution >= 0.6 is 0 Å². The molecule has 0 aromatic heterocycles. The number of hydrogen-bond donors (Lipinski definition) is 2. The fraction of sp³-hybridized carbons (Fsp3) is 0.345. The molecule has 0 aliphatic carbocycles. The number of carbonyl (C=O) groups excluding carboxylic acids is 1. The minimum atomic E-state index is -4.92. The largest absolute Gasteiger partial charge is 0.416 e. The molecule has 0 saturated heterocycles. The van der Waals surface area contributed by atoms with Gasteiger partial charge in [0, 0.05) is 24.2 Å². The third-order valence-electron chi connectivity index (χ3n) is 6.99. The van der Waals surface area contributed by atoms with Crippen LogP contribution in [0.15, 0.2) is 54.6 Å². The number of amides is 1. The first-order chi connectivity index (χ1) is 18.8. The molecule has 1 aliphatic rings. The molecule has 2 N–H and O–H groups in total. The predicted octanol–water partition coefficient (Wildman–Crippen LogP) is 3.68. The Labute approximate surface area is 231 Å². The molecule has 0 radical (unpaired) electrons. The number of nitrogens with zero attached hydrogens (tertiary/aromatic N) is 2. The van der Waals surface area contributed by atoms with Crippen molar-refractivity contribution in [2.45, 2.75) is 25.6 Å². The van der Waals surface area contributed by atoms with Crippen LogP contribution in [0.1, 0.15) is 36.1 Å². The minimum Gasteiger partial charge on any atom is -0.372 e. The molecule has 0 spiro atoms. The molecule has 4 rings (SSSR count). The average Bonchev–Trinajstić information content (AvgIpc) is 3.12. The third-order valence-corrected chi connectivity index (χ3v) is 7.66. The molecule has 212 valence electrons. The lowest BCUT2D eigenvalue weighted by atomic mass is 9.83. The Morgan fingerprint density at radius 3 is 2.35 bits per heavy atom. The van der Waals surface area contributed by atoms with Gasteiger partial charge in [-0.15, -0.1) is 0 Å². The van der Waals surface area contributed by atoms with Crippen LogP contribution in [0.3, 0.4) is 0 Å². The van der Waals surface area contributed by atoms with Gasteiger partial charge in [-0.05, 0) is 47.6 Å². The van der Waals surface area contributed by atoms with Gasteiger partial charge in [0.05, 0.1) is 24.1 Å². The van der Waals surface area contributed by atoms with Crippen molar-refractivity contribution >= 4 is 32.4 Å². The Morgan fingerprint density at radius 1 is 1.05 bits per heavy atom. The van der Waals surface area contributed by atoms with Crippen LogP contribution in [0.25, 0.3) is 10.8 Å². The molecule has 1 heterocycles. The van der Waals surface area contributed by atoms with Gasteiger partial charge in [0.15, 0.2) is 5.60 Å². The highest BCUT2D eigenvalue weighted by Crippen LogP contribution is 2.50. The number of halogens is 3. The molecule has 3 aromatic carbocycles. The van der Waals surface area contributed by atoms with E-state index in [9.17, 15) is 31.5 Å². The standard InChI is InChI=1S/C29H30F3N3O4S/c1-4-34(5-2)15-16-35-25-18-20(9-8-14-33-40(3,38)39)17-24(29(30,31)32)26(25)28(37,27(35)36)23-13-12-21-10-6-7-11-22(21)19-23/h6-7,10-13,17-19,33,37H,4-5,14-16H2,1-3H3. The van der Waals surface area contributed by atoms with Crippen molar-refractivity contribution in [3.8, 4) is 11.8 Å². The summed E-state index contributed by atoms with van der Waals surface area (Å²) >= 11 is 0. The maximum Gasteiger partial charge on any atom is 0.416 e. The van der Waals surface area contributed by atoms with Crippen LogP contribution in [-0.4, -0.2) is 63.3 Å². The van der Waals surface area contributed by atoms with Crippen molar-refractivity contribution in [3.05, 3.63) is 76.9 Å². The van der Waals surface area contributed by atoms with E-state index in [2.05, 4.69) is 16.6 Å². The van der Waals surface area contributed by atoms with Crippen molar-refractivity contribution in [2.24, 2.45) is 0 Å². The second-order valence-electron chi connectivity index (χ2n) is 9.57. The number of benzene rings is 3. The summed E-state index contributed by atoms with van der Waals surface area (Å²) in [6.07, 6.45) is -3.98. The summed E-state index contributed by atoms with van der Waals surface area (Å²) in [5.74, 6) is 4.20. The van der Waals surface area contributed by atoms with E-state index in [1.807, 2.05) is 30.9 Å². The smallest absolute Gasteiger partial charge is 0.372 e. The van der Waals surface area contributed by atoms with Crippen molar-refractivity contribution in [1.29, 1.82) is 0 Å². The van der Waals surface area contributed by atoms with Gasteiger partial charge in [-0.25, -0.2) is 13.1 Å². The molecule has 11 heteroatoms. The lowest BCUT2D eigenvalue weighted by Crippen LogP contribution is -2.44. The number of carbonyl (C=O) groups is 1. The normalized spacial score (nSPS) is 17.3. The predicted molar refractivity (Wildman–Crippen MR) is 148 cm³/mol. The van der Waals surface area contributed by atoms with Gasteiger partial charge in [0.1, 0.15) is 0 Å². The van der Waals surface area contributed by atoms with Crippen molar-refractivity contribution < 1.29 is 31.5 Å². The Morgan fingerprint density at radius 2 is 1.73 bits per heavy atom. The third kappa shape index (κ3) is 5.86. The summed E-state index contributed by atoms with van der Waals surface area (Å²) in [7, 11) is -3.54. The van der Waals surface area contributed by atoms with E-state index < -0.39 is 38.8 Å². The number of anilines is 1. The summed E-state index contributed by atoms with van der Waals surface area (Å²) in [4.78, 5) is 17.2. The molecule has 0 fully saturated rings. The SMILES string of the molecule is CCN(CC)CCN1C(=O)C(O)(c2ccc3ccccc3c2)c2c1cc(C#CCNS(C)(=O)=O)cc2C(F)(F)F. The molecule has 1 atom stereocenters. The summed E-state index contributed by atoms with van der Waals surface area (Å²) < 4.78 is 68.5. The number of aliphatic hydroxyl groups is 1. The lowest BCUT2D eigenvalue weighted by Gasteiger charge is -2.26. The van der Waals surface area contributed by atoms with Gasteiger partial charge in [0.25, 0.3) is 5.91 Å². The van der Waals surface area contributed by atoms with E-state index in [0.717, 1.165) is 17.7 Å². The molecular weight excluding hydrogens is 543 g/mol. The van der Waals surface area contributed by atoms with Crippen molar-refractivity contribution in [3.63, 3.8) is 0 Å². The number of rotatable bonds is 8. The molecule has 0 saturated carbocycles.